The van der Waals surface area contributed by atoms with Crippen LogP contribution in [0.25, 0.3) is 0 Å². The van der Waals surface area contributed by atoms with Gasteiger partial charge in [0.1, 0.15) is 38.4 Å². The molecule has 0 radical (unpaired) electrons. The molecule has 1 amide bonds. The molecule has 29 heavy (non-hydrogen) atoms. The van der Waals surface area contributed by atoms with E-state index in [1.807, 2.05) is 0 Å². The van der Waals surface area contributed by atoms with Crippen LogP contribution in [0.3, 0.4) is 0 Å². The zero-order chi connectivity index (χ0) is 21.4. The topological polar surface area (TPSA) is 122 Å². The monoisotopic (exact) mass is 426 g/mol. The molecule has 1 aromatic heterocycles. The number of pyridine rings is 1. The number of nitrogen functional groups attached to an aromatic ring is 1. The van der Waals surface area contributed by atoms with E-state index in [0.717, 1.165) is 12.8 Å². The number of nitrogens with two attached hydrogens (primary N) is 1. The smallest absolute Gasteiger partial charge is 0.414 e. The van der Waals surface area contributed by atoms with E-state index in [1.165, 1.54) is 16.4 Å². The first-order chi connectivity index (χ1) is 13.4. The van der Waals surface area contributed by atoms with Crippen LogP contribution in [0.15, 0.2) is 21.5 Å². The van der Waals surface area contributed by atoms with E-state index in [4.69, 9.17) is 10.5 Å². The van der Waals surface area contributed by atoms with E-state index in [1.54, 1.807) is 27.7 Å². The molecule has 2 aliphatic heterocycles. The highest BCUT2D eigenvalue weighted by Crippen LogP contribution is 2.35. The summed E-state index contributed by atoms with van der Waals surface area (Å²) in [7, 11) is -2.98. The van der Waals surface area contributed by atoms with Crippen LogP contribution in [0.5, 0.6) is 0 Å². The van der Waals surface area contributed by atoms with Gasteiger partial charge in [-0.3, -0.25) is 9.62 Å². The van der Waals surface area contributed by atoms with Gasteiger partial charge in [-0.2, -0.15) is 0 Å². The lowest BCUT2D eigenvalue weighted by atomic mass is 10.00. The first-order valence-electron chi connectivity index (χ1n) is 9.43. The number of aromatic nitrogens is 1. The second-order valence-electron chi connectivity index (χ2n) is 8.32. The summed E-state index contributed by atoms with van der Waals surface area (Å²) in [6.45, 7) is 7.62. The molecule has 2 aliphatic rings. The Labute approximate surface area is 170 Å². The van der Waals surface area contributed by atoms with Gasteiger partial charge in [0.25, 0.3) is 0 Å². The molecule has 0 aliphatic carbocycles. The Morgan fingerprint density at radius 3 is 2.79 bits per heavy atom. The minimum absolute atomic E-state index is 0.0345. The average Bonchev–Trinajstić information content (AvgIpc) is 2.76. The Bertz CT molecular complexity index is 967. The fourth-order valence-electron chi connectivity index (χ4n) is 3.28. The summed E-state index contributed by atoms with van der Waals surface area (Å²) < 4.78 is 39.6. The van der Waals surface area contributed by atoms with Gasteiger partial charge in [-0.25, -0.2) is 27.7 Å². The first kappa shape index (κ1) is 21.3. The molecule has 1 aromatic rings. The lowest BCUT2D eigenvalue weighted by Gasteiger charge is -2.39. The van der Waals surface area contributed by atoms with Crippen LogP contribution < -0.4 is 11.1 Å². The van der Waals surface area contributed by atoms with Crippen LogP contribution in [-0.4, -0.2) is 50.0 Å². The minimum Gasteiger partial charge on any atom is -0.444 e. The van der Waals surface area contributed by atoms with Crippen LogP contribution in [0, 0.1) is 5.82 Å². The van der Waals surface area contributed by atoms with Gasteiger partial charge in [0, 0.05) is 6.54 Å². The third kappa shape index (κ3) is 4.60. The standard InChI is InChI=1S/C18H27FN6O3S/c1-17(2,3)28-16(26)23-15-24-18(4,14-12(19)7-8-13(20)22-14)11-29(27)21-9-5-6-10-25(15)29/h7-8H,5-6,9-11H2,1-4H3,(H2,20,22)(H,23,24,26)/t18-,29-/m0/s1. The van der Waals surface area contributed by atoms with Crippen LogP contribution >= 0.6 is 0 Å². The molecule has 0 saturated heterocycles. The predicted octanol–water partition coefficient (Wildman–Crippen LogP) is 2.39. The molecule has 0 fully saturated rings. The second-order valence-corrected chi connectivity index (χ2v) is 10.5. The van der Waals surface area contributed by atoms with Crippen LogP contribution in [-0.2, 0) is 20.2 Å². The first-order valence-corrected chi connectivity index (χ1v) is 11.1. The maximum atomic E-state index is 14.6. The van der Waals surface area contributed by atoms with Crippen molar-refractivity contribution in [2.45, 2.75) is 51.7 Å². The van der Waals surface area contributed by atoms with Crippen molar-refractivity contribution in [3.63, 3.8) is 0 Å². The van der Waals surface area contributed by atoms with Crippen molar-refractivity contribution >= 4 is 27.8 Å². The summed E-state index contributed by atoms with van der Waals surface area (Å²) in [4.78, 5) is 21.0. The zero-order valence-electron chi connectivity index (χ0n) is 17.1. The Balaban J connectivity index is 2.10. The molecule has 3 rings (SSSR count). The number of anilines is 1. The fraction of sp³-hybridized carbons (Fsp3) is 0.611. The lowest BCUT2D eigenvalue weighted by Crippen LogP contribution is -2.55. The Morgan fingerprint density at radius 1 is 1.38 bits per heavy atom. The zero-order valence-corrected chi connectivity index (χ0v) is 17.9. The van der Waals surface area contributed by atoms with Crippen molar-refractivity contribution in [1.82, 2.24) is 14.6 Å². The molecule has 0 unspecified atom stereocenters. The number of amides is 1. The van der Waals surface area contributed by atoms with E-state index < -0.39 is 33.0 Å². The summed E-state index contributed by atoms with van der Waals surface area (Å²) >= 11 is 0. The van der Waals surface area contributed by atoms with E-state index in [9.17, 15) is 13.4 Å². The number of carbonyl (C=O) groups excluding carboxylic acids is 1. The molecular weight excluding hydrogens is 399 g/mol. The highest BCUT2D eigenvalue weighted by Gasteiger charge is 2.44. The van der Waals surface area contributed by atoms with Crippen molar-refractivity contribution in [3.8, 4) is 0 Å². The number of guanidine groups is 1. The Hall–Kier alpha value is -2.43. The minimum atomic E-state index is -2.98. The number of ether oxygens (including phenoxy) is 1. The maximum Gasteiger partial charge on any atom is 0.414 e. The largest absolute Gasteiger partial charge is 0.444 e. The quantitative estimate of drug-likeness (QED) is 0.714. The van der Waals surface area contributed by atoms with Crippen molar-refractivity contribution in [2.24, 2.45) is 9.36 Å². The van der Waals surface area contributed by atoms with E-state index >= 15 is 0 Å². The van der Waals surface area contributed by atoms with Crippen LogP contribution in [0.2, 0.25) is 0 Å². The molecule has 0 aromatic carbocycles. The number of hydrogen-bond acceptors (Lipinski definition) is 7. The molecule has 11 heteroatoms. The number of carbonyl (C=O) groups is 1. The average molecular weight is 427 g/mol. The van der Waals surface area contributed by atoms with Gasteiger partial charge in [0.2, 0.25) is 5.96 Å². The summed E-state index contributed by atoms with van der Waals surface area (Å²) in [5.74, 6) is -0.526. The summed E-state index contributed by atoms with van der Waals surface area (Å²) in [6.07, 6.45) is 0.749. The van der Waals surface area contributed by atoms with Crippen molar-refractivity contribution in [3.05, 3.63) is 23.6 Å². The number of hydrogen-bond donors (Lipinski definition) is 2. The lowest BCUT2D eigenvalue weighted by molar-refractivity contribution is 0.0558. The highest BCUT2D eigenvalue weighted by molar-refractivity contribution is 7.92. The normalized spacial score (nSPS) is 27.2. The van der Waals surface area contributed by atoms with Gasteiger partial charge in [-0.15, -0.1) is 0 Å². The molecule has 3 heterocycles. The number of nitrogens with one attached hydrogen (secondary N) is 1. The van der Waals surface area contributed by atoms with Gasteiger partial charge < -0.3 is 10.5 Å². The summed E-state index contributed by atoms with van der Waals surface area (Å²) in [6, 6.07) is 2.54. The fourth-order valence-corrected chi connectivity index (χ4v) is 5.79. The number of halogens is 1. The van der Waals surface area contributed by atoms with Gasteiger partial charge >= 0.3 is 6.09 Å². The molecule has 0 spiro atoms. The number of alkyl carbamates (subject to hydrolysis) is 1. The van der Waals surface area contributed by atoms with Crippen molar-refractivity contribution < 1.29 is 18.1 Å². The Morgan fingerprint density at radius 2 is 2.10 bits per heavy atom. The van der Waals surface area contributed by atoms with Crippen LogP contribution in [0.1, 0.15) is 46.2 Å². The van der Waals surface area contributed by atoms with Crippen molar-refractivity contribution in [1.29, 1.82) is 0 Å². The number of fused-ring (bicyclic) bond motifs is 1. The van der Waals surface area contributed by atoms with E-state index in [0.29, 0.717) is 13.1 Å². The molecule has 0 saturated carbocycles. The second kappa shape index (κ2) is 7.43. The third-order valence-electron chi connectivity index (χ3n) is 4.46. The number of aliphatic imine (C=N–C) groups is 1. The third-order valence-corrected chi connectivity index (χ3v) is 7.02. The molecule has 0 bridgehead atoms. The number of nitrogens with zero attached hydrogens (tertiary/aromatic N) is 4. The molecule has 160 valence electrons. The van der Waals surface area contributed by atoms with Gasteiger partial charge in [-0.1, -0.05) is 0 Å². The number of rotatable bonds is 1. The van der Waals surface area contributed by atoms with Gasteiger partial charge in [-0.05, 0) is 52.7 Å². The van der Waals surface area contributed by atoms with Gasteiger partial charge in [0.15, 0.2) is 0 Å². The summed E-state index contributed by atoms with van der Waals surface area (Å²) in [5.41, 5.74) is 3.65. The highest BCUT2D eigenvalue weighted by atomic mass is 32.2. The molecule has 9 nitrogen and oxygen atoms in total. The Kier molecular flexibility index (Phi) is 5.46. The SMILES string of the molecule is CC(C)(C)OC(=O)NC1=N[C@](C)(c2nc(N)ccc2F)C[S@]2(=O)=NCCCCN12. The maximum absolute atomic E-state index is 14.6. The molecule has 2 atom stereocenters. The van der Waals surface area contributed by atoms with Crippen LogP contribution in [0.4, 0.5) is 15.0 Å². The summed E-state index contributed by atoms with van der Waals surface area (Å²) in [5, 5.41) is 2.58. The van der Waals surface area contributed by atoms with E-state index in [-0.39, 0.29) is 23.2 Å². The van der Waals surface area contributed by atoms with Gasteiger partial charge in [0.05, 0.1) is 12.3 Å². The van der Waals surface area contributed by atoms with E-state index in [2.05, 4.69) is 19.7 Å². The molecular formula is C18H27FN6O3S. The predicted molar refractivity (Wildman–Crippen MR) is 109 cm³/mol. The van der Waals surface area contributed by atoms with Crippen molar-refractivity contribution in [2.75, 3.05) is 24.6 Å². The molecule has 3 N–H and O–H groups in total.